The number of amides is 1. The van der Waals surface area contributed by atoms with Gasteiger partial charge < -0.3 is 10.6 Å². The zero-order chi connectivity index (χ0) is 11.4. The Morgan fingerprint density at radius 2 is 2.44 bits per heavy atom. The van der Waals surface area contributed by atoms with Crippen LogP contribution in [0, 0.1) is 0 Å². The first-order valence-corrected chi connectivity index (χ1v) is 5.70. The van der Waals surface area contributed by atoms with Crippen LogP contribution in [0.2, 0.25) is 0 Å². The summed E-state index contributed by atoms with van der Waals surface area (Å²) in [5.41, 5.74) is 1.70. The SMILES string of the molecule is CNC(=O)c1ccc([C@H]2CCCNC2)nc1. The van der Waals surface area contributed by atoms with Crippen LogP contribution < -0.4 is 10.6 Å². The molecule has 0 aromatic carbocycles. The number of nitrogens with zero attached hydrogens (tertiary/aromatic N) is 1. The molecule has 1 aliphatic heterocycles. The fourth-order valence-corrected chi connectivity index (χ4v) is 2.03. The predicted octanol–water partition coefficient (Wildman–Crippen LogP) is 0.908. The number of pyridine rings is 1. The van der Waals surface area contributed by atoms with E-state index in [-0.39, 0.29) is 5.91 Å². The van der Waals surface area contributed by atoms with E-state index in [4.69, 9.17) is 0 Å². The molecule has 1 aromatic rings. The zero-order valence-electron chi connectivity index (χ0n) is 9.49. The number of carbonyl (C=O) groups excluding carboxylic acids is 1. The monoisotopic (exact) mass is 219 g/mol. The van der Waals surface area contributed by atoms with Gasteiger partial charge in [-0.05, 0) is 31.5 Å². The minimum absolute atomic E-state index is 0.0826. The van der Waals surface area contributed by atoms with Crippen LogP contribution in [-0.2, 0) is 0 Å². The second kappa shape index (κ2) is 5.07. The molecule has 1 aromatic heterocycles. The highest BCUT2D eigenvalue weighted by Crippen LogP contribution is 2.21. The van der Waals surface area contributed by atoms with Gasteiger partial charge >= 0.3 is 0 Å². The second-order valence-corrected chi connectivity index (χ2v) is 4.09. The van der Waals surface area contributed by atoms with Crippen LogP contribution >= 0.6 is 0 Å². The van der Waals surface area contributed by atoms with Gasteiger partial charge in [-0.2, -0.15) is 0 Å². The first kappa shape index (κ1) is 11.1. The minimum Gasteiger partial charge on any atom is -0.355 e. The highest BCUT2D eigenvalue weighted by molar-refractivity contribution is 5.93. The van der Waals surface area contributed by atoms with Crippen molar-refractivity contribution in [3.63, 3.8) is 0 Å². The molecule has 2 heterocycles. The van der Waals surface area contributed by atoms with Crippen molar-refractivity contribution in [2.24, 2.45) is 0 Å². The molecular weight excluding hydrogens is 202 g/mol. The Bertz CT molecular complexity index is 355. The Morgan fingerprint density at radius 3 is 3.00 bits per heavy atom. The number of hydrogen-bond acceptors (Lipinski definition) is 3. The summed E-state index contributed by atoms with van der Waals surface area (Å²) in [5, 5.41) is 5.95. The van der Waals surface area contributed by atoms with Crippen molar-refractivity contribution < 1.29 is 4.79 Å². The standard InChI is InChI=1S/C12H17N3O/c1-13-12(16)10-4-5-11(15-8-10)9-3-2-6-14-7-9/h4-5,8-9,14H,2-3,6-7H2,1H3,(H,13,16)/t9-/m0/s1. The van der Waals surface area contributed by atoms with E-state index in [1.165, 1.54) is 12.8 Å². The van der Waals surface area contributed by atoms with Gasteiger partial charge in [-0.1, -0.05) is 0 Å². The Morgan fingerprint density at radius 1 is 1.56 bits per heavy atom. The lowest BCUT2D eigenvalue weighted by Gasteiger charge is -2.22. The Balaban J connectivity index is 2.09. The molecule has 0 spiro atoms. The van der Waals surface area contributed by atoms with Crippen LogP contribution in [0.4, 0.5) is 0 Å². The van der Waals surface area contributed by atoms with Gasteiger partial charge in [0.25, 0.3) is 5.91 Å². The summed E-state index contributed by atoms with van der Waals surface area (Å²) >= 11 is 0. The number of rotatable bonds is 2. The van der Waals surface area contributed by atoms with Crippen LogP contribution in [0.25, 0.3) is 0 Å². The van der Waals surface area contributed by atoms with Crippen molar-refractivity contribution in [3.8, 4) is 0 Å². The molecule has 16 heavy (non-hydrogen) atoms. The van der Waals surface area contributed by atoms with E-state index in [1.807, 2.05) is 12.1 Å². The first-order valence-electron chi connectivity index (χ1n) is 5.70. The fraction of sp³-hybridized carbons (Fsp3) is 0.500. The highest BCUT2D eigenvalue weighted by atomic mass is 16.1. The summed E-state index contributed by atoms with van der Waals surface area (Å²) in [7, 11) is 1.63. The average molecular weight is 219 g/mol. The van der Waals surface area contributed by atoms with Gasteiger partial charge in [0.1, 0.15) is 0 Å². The molecule has 0 bridgehead atoms. The molecular formula is C12H17N3O. The van der Waals surface area contributed by atoms with Crippen molar-refractivity contribution in [2.75, 3.05) is 20.1 Å². The van der Waals surface area contributed by atoms with E-state index < -0.39 is 0 Å². The van der Waals surface area contributed by atoms with Crippen molar-refractivity contribution in [2.45, 2.75) is 18.8 Å². The molecule has 1 fully saturated rings. The first-order chi connectivity index (χ1) is 7.81. The lowest BCUT2D eigenvalue weighted by atomic mass is 9.95. The third kappa shape index (κ3) is 2.39. The Hall–Kier alpha value is -1.42. The van der Waals surface area contributed by atoms with Crippen molar-refractivity contribution in [3.05, 3.63) is 29.6 Å². The van der Waals surface area contributed by atoms with Crippen LogP contribution in [0.1, 0.15) is 34.8 Å². The molecule has 0 aliphatic carbocycles. The van der Waals surface area contributed by atoms with Gasteiger partial charge in [0, 0.05) is 31.4 Å². The zero-order valence-corrected chi connectivity index (χ0v) is 9.49. The molecule has 4 nitrogen and oxygen atoms in total. The number of aromatic nitrogens is 1. The van der Waals surface area contributed by atoms with Gasteiger partial charge in [-0.15, -0.1) is 0 Å². The van der Waals surface area contributed by atoms with Crippen LogP contribution in [0.5, 0.6) is 0 Å². The molecule has 2 rings (SSSR count). The van der Waals surface area contributed by atoms with Crippen LogP contribution in [0.3, 0.4) is 0 Å². The van der Waals surface area contributed by atoms with E-state index in [0.29, 0.717) is 11.5 Å². The molecule has 1 saturated heterocycles. The van der Waals surface area contributed by atoms with Crippen LogP contribution in [0.15, 0.2) is 18.3 Å². The summed E-state index contributed by atoms with van der Waals surface area (Å²) in [6, 6.07) is 3.80. The van der Waals surface area contributed by atoms with Gasteiger partial charge in [0.05, 0.1) is 5.56 Å². The smallest absolute Gasteiger partial charge is 0.252 e. The normalized spacial score (nSPS) is 20.4. The summed E-state index contributed by atoms with van der Waals surface area (Å²) < 4.78 is 0. The predicted molar refractivity (Wildman–Crippen MR) is 62.5 cm³/mol. The molecule has 2 N–H and O–H groups in total. The van der Waals surface area contributed by atoms with Crippen molar-refractivity contribution in [1.29, 1.82) is 0 Å². The van der Waals surface area contributed by atoms with E-state index in [2.05, 4.69) is 15.6 Å². The number of piperidine rings is 1. The second-order valence-electron chi connectivity index (χ2n) is 4.09. The van der Waals surface area contributed by atoms with Gasteiger partial charge in [-0.3, -0.25) is 9.78 Å². The topological polar surface area (TPSA) is 54.0 Å². The summed E-state index contributed by atoms with van der Waals surface area (Å²) in [6.07, 6.45) is 4.03. The Kier molecular flexibility index (Phi) is 3.51. The quantitative estimate of drug-likeness (QED) is 0.777. The number of carbonyl (C=O) groups is 1. The molecule has 0 radical (unpaired) electrons. The van der Waals surface area contributed by atoms with Crippen LogP contribution in [-0.4, -0.2) is 31.0 Å². The van der Waals surface area contributed by atoms with Crippen molar-refractivity contribution >= 4 is 5.91 Å². The average Bonchev–Trinajstić information content (AvgIpc) is 2.39. The van der Waals surface area contributed by atoms with Gasteiger partial charge in [0.15, 0.2) is 0 Å². The maximum Gasteiger partial charge on any atom is 0.252 e. The number of hydrogen-bond donors (Lipinski definition) is 2. The number of nitrogens with one attached hydrogen (secondary N) is 2. The summed E-state index contributed by atoms with van der Waals surface area (Å²) in [6.45, 7) is 2.10. The largest absolute Gasteiger partial charge is 0.355 e. The van der Waals surface area contributed by atoms with E-state index in [1.54, 1.807) is 13.2 Å². The fourth-order valence-electron chi connectivity index (χ4n) is 2.03. The molecule has 0 unspecified atom stereocenters. The highest BCUT2D eigenvalue weighted by Gasteiger charge is 2.16. The lowest BCUT2D eigenvalue weighted by Crippen LogP contribution is -2.29. The molecule has 1 atom stereocenters. The molecule has 1 aliphatic rings. The third-order valence-electron chi connectivity index (χ3n) is 2.99. The third-order valence-corrected chi connectivity index (χ3v) is 2.99. The molecule has 4 heteroatoms. The van der Waals surface area contributed by atoms with E-state index in [9.17, 15) is 4.79 Å². The van der Waals surface area contributed by atoms with Gasteiger partial charge in [-0.25, -0.2) is 0 Å². The lowest BCUT2D eigenvalue weighted by molar-refractivity contribution is 0.0962. The van der Waals surface area contributed by atoms with E-state index in [0.717, 1.165) is 18.8 Å². The molecule has 0 saturated carbocycles. The Labute approximate surface area is 95.5 Å². The molecule has 86 valence electrons. The summed E-state index contributed by atoms with van der Waals surface area (Å²) in [4.78, 5) is 15.7. The summed E-state index contributed by atoms with van der Waals surface area (Å²) in [5.74, 6) is 0.410. The van der Waals surface area contributed by atoms with Gasteiger partial charge in [0.2, 0.25) is 0 Å². The van der Waals surface area contributed by atoms with Crippen molar-refractivity contribution in [1.82, 2.24) is 15.6 Å². The maximum absolute atomic E-state index is 11.3. The maximum atomic E-state index is 11.3. The van der Waals surface area contributed by atoms with E-state index >= 15 is 0 Å². The molecule has 1 amide bonds. The minimum atomic E-state index is -0.0826.